The lowest BCUT2D eigenvalue weighted by molar-refractivity contribution is 1.25. The number of aryl methyl sites for hydroxylation is 1. The van der Waals surface area contributed by atoms with Crippen molar-refractivity contribution in [3.05, 3.63) is 46.8 Å². The number of fused-ring (bicyclic) bond motifs is 1. The van der Waals surface area contributed by atoms with Gasteiger partial charge in [-0.2, -0.15) is 0 Å². The minimum atomic E-state index is 0.860. The van der Waals surface area contributed by atoms with Crippen molar-refractivity contribution in [3.63, 3.8) is 0 Å². The summed E-state index contributed by atoms with van der Waals surface area (Å²) in [6.07, 6.45) is 3.63. The van der Waals surface area contributed by atoms with Crippen LogP contribution in [0.5, 0.6) is 0 Å². The van der Waals surface area contributed by atoms with Crippen LogP contribution in [-0.2, 0) is 0 Å². The molecule has 3 nitrogen and oxygen atoms in total. The molecule has 0 amide bonds. The van der Waals surface area contributed by atoms with Gasteiger partial charge < -0.3 is 4.98 Å². The van der Waals surface area contributed by atoms with Crippen LogP contribution < -0.4 is 0 Å². The van der Waals surface area contributed by atoms with Crippen LogP contribution in [0.2, 0.25) is 0 Å². The van der Waals surface area contributed by atoms with Crippen molar-refractivity contribution >= 4 is 26.8 Å². The van der Waals surface area contributed by atoms with Gasteiger partial charge in [-0.15, -0.1) is 0 Å². The first kappa shape index (κ1) is 10.5. The van der Waals surface area contributed by atoms with E-state index in [0.29, 0.717) is 0 Å². The standard InChI is InChI=1S/C13H10BrN3/c1-8-7-16-13(17-8)10-4-5-11(14)9-3-2-6-15-12(9)10/h2-7H,1H3,(H,16,17). The lowest BCUT2D eigenvalue weighted by Crippen LogP contribution is -1.87. The highest BCUT2D eigenvalue weighted by Gasteiger charge is 2.09. The molecule has 1 aromatic carbocycles. The van der Waals surface area contributed by atoms with E-state index in [1.165, 1.54) is 0 Å². The van der Waals surface area contributed by atoms with E-state index in [1.54, 1.807) is 6.20 Å². The maximum atomic E-state index is 4.44. The lowest BCUT2D eigenvalue weighted by Gasteiger charge is -2.04. The fourth-order valence-electron chi connectivity index (χ4n) is 1.88. The number of nitrogens with zero attached hydrogens (tertiary/aromatic N) is 2. The Morgan fingerprint density at radius 1 is 1.18 bits per heavy atom. The summed E-state index contributed by atoms with van der Waals surface area (Å²) in [6, 6.07) is 8.03. The average molecular weight is 288 g/mol. The number of imidazole rings is 1. The number of benzene rings is 1. The summed E-state index contributed by atoms with van der Waals surface area (Å²) in [7, 11) is 0. The Kier molecular flexibility index (Phi) is 2.44. The first-order chi connectivity index (χ1) is 8.25. The van der Waals surface area contributed by atoms with Crippen molar-refractivity contribution in [2.24, 2.45) is 0 Å². The SMILES string of the molecule is Cc1cnc(-c2ccc(Br)c3cccnc23)[nH]1. The number of nitrogens with one attached hydrogen (secondary N) is 1. The number of halogens is 1. The molecule has 3 aromatic rings. The lowest BCUT2D eigenvalue weighted by atomic mass is 10.1. The molecular formula is C13H10BrN3. The van der Waals surface area contributed by atoms with E-state index >= 15 is 0 Å². The van der Waals surface area contributed by atoms with Crippen molar-refractivity contribution in [1.82, 2.24) is 15.0 Å². The summed E-state index contributed by atoms with van der Waals surface area (Å²) in [5.74, 6) is 0.860. The molecule has 84 valence electrons. The molecule has 17 heavy (non-hydrogen) atoms. The number of rotatable bonds is 1. The molecule has 4 heteroatoms. The van der Waals surface area contributed by atoms with E-state index in [-0.39, 0.29) is 0 Å². The van der Waals surface area contributed by atoms with Gasteiger partial charge in [0.2, 0.25) is 0 Å². The van der Waals surface area contributed by atoms with Crippen LogP contribution in [-0.4, -0.2) is 15.0 Å². The second-order valence-electron chi connectivity index (χ2n) is 3.91. The van der Waals surface area contributed by atoms with Crippen LogP contribution in [0.4, 0.5) is 0 Å². The van der Waals surface area contributed by atoms with E-state index in [1.807, 2.05) is 37.4 Å². The van der Waals surface area contributed by atoms with Crippen molar-refractivity contribution in [2.75, 3.05) is 0 Å². The fourth-order valence-corrected chi connectivity index (χ4v) is 2.33. The molecule has 0 aliphatic rings. The summed E-state index contributed by atoms with van der Waals surface area (Å²) in [4.78, 5) is 12.0. The Hall–Kier alpha value is -1.68. The Morgan fingerprint density at radius 3 is 2.82 bits per heavy atom. The van der Waals surface area contributed by atoms with Crippen LogP contribution in [0.25, 0.3) is 22.3 Å². The molecule has 3 rings (SSSR count). The van der Waals surface area contributed by atoms with Gasteiger partial charge in [-0.3, -0.25) is 4.98 Å². The second kappa shape index (κ2) is 3.96. The van der Waals surface area contributed by atoms with Gasteiger partial charge in [0.15, 0.2) is 0 Å². The monoisotopic (exact) mass is 287 g/mol. The predicted octanol–water partition coefficient (Wildman–Crippen LogP) is 3.70. The molecule has 0 atom stereocenters. The maximum absolute atomic E-state index is 4.44. The number of pyridine rings is 1. The highest BCUT2D eigenvalue weighted by molar-refractivity contribution is 9.10. The molecule has 0 aliphatic carbocycles. The van der Waals surface area contributed by atoms with E-state index < -0.39 is 0 Å². The fraction of sp³-hybridized carbons (Fsp3) is 0.0769. The normalized spacial score (nSPS) is 10.9. The summed E-state index contributed by atoms with van der Waals surface area (Å²) >= 11 is 3.54. The molecule has 0 bridgehead atoms. The average Bonchev–Trinajstić information content (AvgIpc) is 2.77. The number of hydrogen-bond acceptors (Lipinski definition) is 2. The molecule has 0 unspecified atom stereocenters. The molecule has 0 radical (unpaired) electrons. The van der Waals surface area contributed by atoms with Crippen molar-refractivity contribution in [3.8, 4) is 11.4 Å². The number of aromatic amines is 1. The van der Waals surface area contributed by atoms with Crippen LogP contribution in [0.3, 0.4) is 0 Å². The Bertz CT molecular complexity index is 688. The molecule has 2 aromatic heterocycles. The van der Waals surface area contributed by atoms with Crippen molar-refractivity contribution in [2.45, 2.75) is 6.92 Å². The van der Waals surface area contributed by atoms with Crippen LogP contribution in [0, 0.1) is 6.92 Å². The summed E-state index contributed by atoms with van der Waals surface area (Å²) in [6.45, 7) is 1.99. The van der Waals surface area contributed by atoms with Gasteiger partial charge in [-0.1, -0.05) is 22.0 Å². The van der Waals surface area contributed by atoms with Gasteiger partial charge in [0, 0.05) is 33.5 Å². The number of H-pyrrole nitrogens is 1. The zero-order chi connectivity index (χ0) is 11.8. The number of aromatic nitrogens is 3. The van der Waals surface area contributed by atoms with Crippen LogP contribution >= 0.6 is 15.9 Å². The molecule has 0 saturated heterocycles. The van der Waals surface area contributed by atoms with E-state index in [4.69, 9.17) is 0 Å². The third kappa shape index (κ3) is 1.74. The Morgan fingerprint density at radius 2 is 2.06 bits per heavy atom. The van der Waals surface area contributed by atoms with E-state index in [0.717, 1.165) is 32.5 Å². The van der Waals surface area contributed by atoms with Gasteiger partial charge in [0.1, 0.15) is 5.82 Å². The second-order valence-corrected chi connectivity index (χ2v) is 4.76. The summed E-state index contributed by atoms with van der Waals surface area (Å²) in [5.41, 5.74) is 3.03. The van der Waals surface area contributed by atoms with Gasteiger partial charge >= 0.3 is 0 Å². The first-order valence-corrected chi connectivity index (χ1v) is 6.10. The van der Waals surface area contributed by atoms with E-state index in [2.05, 4.69) is 30.9 Å². The smallest absolute Gasteiger partial charge is 0.139 e. The van der Waals surface area contributed by atoms with Crippen molar-refractivity contribution in [1.29, 1.82) is 0 Å². The summed E-state index contributed by atoms with van der Waals surface area (Å²) in [5, 5.41) is 1.10. The molecule has 0 spiro atoms. The Labute approximate surface area is 107 Å². The molecule has 1 N–H and O–H groups in total. The van der Waals surface area contributed by atoms with Crippen LogP contribution in [0.15, 0.2) is 41.1 Å². The molecule has 0 aliphatic heterocycles. The topological polar surface area (TPSA) is 41.6 Å². The minimum absolute atomic E-state index is 0.860. The van der Waals surface area contributed by atoms with Gasteiger partial charge in [-0.05, 0) is 25.1 Å². The molecule has 2 heterocycles. The highest BCUT2D eigenvalue weighted by atomic mass is 79.9. The molecular weight excluding hydrogens is 278 g/mol. The maximum Gasteiger partial charge on any atom is 0.139 e. The first-order valence-electron chi connectivity index (χ1n) is 5.31. The zero-order valence-corrected chi connectivity index (χ0v) is 10.8. The zero-order valence-electron chi connectivity index (χ0n) is 9.24. The molecule has 0 saturated carbocycles. The highest BCUT2D eigenvalue weighted by Crippen LogP contribution is 2.30. The van der Waals surface area contributed by atoms with Crippen LogP contribution in [0.1, 0.15) is 5.69 Å². The molecule has 0 fully saturated rings. The van der Waals surface area contributed by atoms with E-state index in [9.17, 15) is 0 Å². The van der Waals surface area contributed by atoms with Crippen molar-refractivity contribution < 1.29 is 0 Å². The summed E-state index contributed by atoms with van der Waals surface area (Å²) < 4.78 is 1.05. The number of hydrogen-bond donors (Lipinski definition) is 1. The van der Waals surface area contributed by atoms with Gasteiger partial charge in [-0.25, -0.2) is 4.98 Å². The third-order valence-corrected chi connectivity index (χ3v) is 3.37. The van der Waals surface area contributed by atoms with Gasteiger partial charge in [0.25, 0.3) is 0 Å². The Balaban J connectivity index is 2.34. The third-order valence-electron chi connectivity index (χ3n) is 2.67. The minimum Gasteiger partial charge on any atom is -0.342 e. The van der Waals surface area contributed by atoms with Gasteiger partial charge in [0.05, 0.1) is 5.52 Å². The quantitative estimate of drug-likeness (QED) is 0.742. The predicted molar refractivity (Wildman–Crippen MR) is 71.8 cm³/mol. The largest absolute Gasteiger partial charge is 0.342 e.